The van der Waals surface area contributed by atoms with Gasteiger partial charge in [-0.3, -0.25) is 0 Å². The highest BCUT2D eigenvalue weighted by molar-refractivity contribution is 5.41. The van der Waals surface area contributed by atoms with Gasteiger partial charge in [0.05, 0.1) is 11.6 Å². The Bertz CT molecular complexity index is 389. The van der Waals surface area contributed by atoms with E-state index in [1.54, 1.807) is 0 Å². The molecule has 0 amide bonds. The van der Waals surface area contributed by atoms with Crippen LogP contribution in [-0.4, -0.2) is 19.2 Å². The molecule has 0 bridgehead atoms. The second-order valence-corrected chi connectivity index (χ2v) is 3.82. The molecular weight excluding hydrogens is 188 g/mol. The zero-order valence-corrected chi connectivity index (χ0v) is 8.79. The summed E-state index contributed by atoms with van der Waals surface area (Å²) < 4.78 is 5.83. The molecule has 78 valence electrons. The maximum absolute atomic E-state index is 8.80. The second-order valence-electron chi connectivity index (χ2n) is 3.82. The number of nitrogens with zero attached hydrogens (tertiary/aromatic N) is 1. The van der Waals surface area contributed by atoms with Gasteiger partial charge < -0.3 is 10.1 Å². The summed E-state index contributed by atoms with van der Waals surface area (Å²) in [5.41, 5.74) is 1.74. The first-order chi connectivity index (χ1) is 7.29. The van der Waals surface area contributed by atoms with E-state index < -0.39 is 0 Å². The standard InChI is InChI=1S/C12H14N2O/c1-9-2-3-10(7-13)6-12(9)15-11-4-5-14-8-11/h2-3,6,11,14H,4-5,8H2,1H3/t11-/m0/s1. The molecular formula is C12H14N2O. The van der Waals surface area contributed by atoms with Crippen molar-refractivity contribution in [2.24, 2.45) is 0 Å². The summed E-state index contributed by atoms with van der Waals surface area (Å²) in [7, 11) is 0. The van der Waals surface area contributed by atoms with Crippen LogP contribution >= 0.6 is 0 Å². The molecule has 1 N–H and O–H groups in total. The molecule has 0 radical (unpaired) electrons. The Morgan fingerprint density at radius 3 is 3.07 bits per heavy atom. The lowest BCUT2D eigenvalue weighted by Crippen LogP contribution is -2.19. The minimum atomic E-state index is 0.248. The maximum atomic E-state index is 8.80. The van der Waals surface area contributed by atoms with Crippen LogP contribution in [0, 0.1) is 18.3 Å². The predicted octanol–water partition coefficient (Wildman–Crippen LogP) is 1.61. The Morgan fingerprint density at radius 1 is 1.53 bits per heavy atom. The molecule has 15 heavy (non-hydrogen) atoms. The molecule has 1 fully saturated rings. The van der Waals surface area contributed by atoms with Crippen molar-refractivity contribution in [1.82, 2.24) is 5.32 Å². The molecule has 0 aromatic heterocycles. The molecule has 1 aliphatic rings. The first-order valence-corrected chi connectivity index (χ1v) is 5.18. The highest BCUT2D eigenvalue weighted by atomic mass is 16.5. The number of hydrogen-bond donors (Lipinski definition) is 1. The fraction of sp³-hybridized carbons (Fsp3) is 0.417. The van der Waals surface area contributed by atoms with E-state index in [0.717, 1.165) is 30.8 Å². The van der Waals surface area contributed by atoms with Crippen LogP contribution in [0.15, 0.2) is 18.2 Å². The third-order valence-electron chi connectivity index (χ3n) is 2.63. The van der Waals surface area contributed by atoms with Crippen molar-refractivity contribution in [2.45, 2.75) is 19.4 Å². The molecule has 1 atom stereocenters. The number of benzene rings is 1. The van der Waals surface area contributed by atoms with Crippen molar-refractivity contribution in [3.63, 3.8) is 0 Å². The Hall–Kier alpha value is -1.53. The van der Waals surface area contributed by atoms with E-state index >= 15 is 0 Å². The monoisotopic (exact) mass is 202 g/mol. The van der Waals surface area contributed by atoms with E-state index in [1.165, 1.54) is 0 Å². The molecule has 1 aliphatic heterocycles. The van der Waals surface area contributed by atoms with Crippen molar-refractivity contribution in [3.8, 4) is 11.8 Å². The van der Waals surface area contributed by atoms with Crippen LogP contribution in [0.3, 0.4) is 0 Å². The Kier molecular flexibility index (Phi) is 2.89. The molecule has 1 saturated heterocycles. The third kappa shape index (κ3) is 2.28. The molecule has 0 spiro atoms. The molecule has 0 aliphatic carbocycles. The van der Waals surface area contributed by atoms with Crippen LogP contribution in [-0.2, 0) is 0 Å². The van der Waals surface area contributed by atoms with E-state index in [9.17, 15) is 0 Å². The molecule has 3 nitrogen and oxygen atoms in total. The van der Waals surface area contributed by atoms with Crippen LogP contribution < -0.4 is 10.1 Å². The quantitative estimate of drug-likeness (QED) is 0.792. The molecule has 0 saturated carbocycles. The third-order valence-corrected chi connectivity index (χ3v) is 2.63. The van der Waals surface area contributed by atoms with Gasteiger partial charge in [-0.25, -0.2) is 0 Å². The van der Waals surface area contributed by atoms with Crippen molar-refractivity contribution in [3.05, 3.63) is 29.3 Å². The minimum absolute atomic E-state index is 0.248. The van der Waals surface area contributed by atoms with Gasteiger partial charge in [0.15, 0.2) is 0 Å². The highest BCUT2D eigenvalue weighted by Crippen LogP contribution is 2.21. The first kappa shape index (κ1) is 10.0. The van der Waals surface area contributed by atoms with Gasteiger partial charge >= 0.3 is 0 Å². The fourth-order valence-electron chi connectivity index (χ4n) is 1.70. The number of rotatable bonds is 2. The van der Waals surface area contributed by atoms with E-state index in [2.05, 4.69) is 11.4 Å². The summed E-state index contributed by atoms with van der Waals surface area (Å²) in [6.45, 7) is 3.91. The topological polar surface area (TPSA) is 45.0 Å². The van der Waals surface area contributed by atoms with Crippen LogP contribution in [0.1, 0.15) is 17.5 Å². The Morgan fingerprint density at radius 2 is 2.40 bits per heavy atom. The minimum Gasteiger partial charge on any atom is -0.489 e. The smallest absolute Gasteiger partial charge is 0.124 e. The molecule has 1 heterocycles. The van der Waals surface area contributed by atoms with Crippen molar-refractivity contribution in [1.29, 1.82) is 5.26 Å². The molecule has 2 rings (SSSR count). The largest absolute Gasteiger partial charge is 0.489 e. The van der Waals surface area contributed by atoms with Gasteiger partial charge in [0, 0.05) is 6.54 Å². The summed E-state index contributed by atoms with van der Waals surface area (Å²) >= 11 is 0. The predicted molar refractivity (Wildman–Crippen MR) is 57.8 cm³/mol. The fourth-order valence-corrected chi connectivity index (χ4v) is 1.70. The van der Waals surface area contributed by atoms with Gasteiger partial charge in [-0.05, 0) is 37.6 Å². The van der Waals surface area contributed by atoms with Gasteiger partial charge in [-0.15, -0.1) is 0 Å². The Labute approximate surface area is 89.7 Å². The summed E-state index contributed by atoms with van der Waals surface area (Å²) in [6.07, 6.45) is 1.29. The number of ether oxygens (including phenoxy) is 1. The van der Waals surface area contributed by atoms with Crippen LogP contribution in [0.5, 0.6) is 5.75 Å². The van der Waals surface area contributed by atoms with Gasteiger partial charge in [0.25, 0.3) is 0 Å². The molecule has 0 unspecified atom stereocenters. The zero-order valence-electron chi connectivity index (χ0n) is 8.79. The SMILES string of the molecule is Cc1ccc(C#N)cc1O[C@H]1CCNC1. The lowest BCUT2D eigenvalue weighted by atomic mass is 10.1. The Balaban J connectivity index is 2.15. The summed E-state index contributed by atoms with van der Waals surface area (Å²) in [5.74, 6) is 0.836. The summed E-state index contributed by atoms with van der Waals surface area (Å²) in [5, 5.41) is 12.0. The van der Waals surface area contributed by atoms with Crippen molar-refractivity contribution in [2.75, 3.05) is 13.1 Å². The maximum Gasteiger partial charge on any atom is 0.124 e. The summed E-state index contributed by atoms with van der Waals surface area (Å²) in [6, 6.07) is 7.68. The van der Waals surface area contributed by atoms with E-state index in [1.807, 2.05) is 25.1 Å². The van der Waals surface area contributed by atoms with Crippen LogP contribution in [0.4, 0.5) is 0 Å². The lowest BCUT2D eigenvalue weighted by molar-refractivity contribution is 0.221. The zero-order chi connectivity index (χ0) is 10.7. The van der Waals surface area contributed by atoms with Crippen LogP contribution in [0.2, 0.25) is 0 Å². The molecule has 1 aromatic carbocycles. The van der Waals surface area contributed by atoms with Crippen molar-refractivity contribution < 1.29 is 4.74 Å². The van der Waals surface area contributed by atoms with Gasteiger partial charge in [0.2, 0.25) is 0 Å². The molecule has 3 heteroatoms. The van der Waals surface area contributed by atoms with Gasteiger partial charge in [-0.1, -0.05) is 6.07 Å². The number of nitrogens with one attached hydrogen (secondary N) is 1. The van der Waals surface area contributed by atoms with E-state index in [-0.39, 0.29) is 6.10 Å². The second kappa shape index (κ2) is 4.33. The number of aryl methyl sites for hydroxylation is 1. The van der Waals surface area contributed by atoms with E-state index in [4.69, 9.17) is 10.00 Å². The normalized spacial score (nSPS) is 19.9. The van der Waals surface area contributed by atoms with Crippen LogP contribution in [0.25, 0.3) is 0 Å². The van der Waals surface area contributed by atoms with Crippen molar-refractivity contribution >= 4 is 0 Å². The summed E-state index contributed by atoms with van der Waals surface area (Å²) in [4.78, 5) is 0. The van der Waals surface area contributed by atoms with Gasteiger partial charge in [0.1, 0.15) is 11.9 Å². The highest BCUT2D eigenvalue weighted by Gasteiger charge is 2.16. The average Bonchev–Trinajstić information content (AvgIpc) is 2.74. The molecule has 1 aromatic rings. The number of nitriles is 1. The lowest BCUT2D eigenvalue weighted by Gasteiger charge is -2.14. The first-order valence-electron chi connectivity index (χ1n) is 5.18. The van der Waals surface area contributed by atoms with E-state index in [0.29, 0.717) is 5.56 Å². The average molecular weight is 202 g/mol. The van der Waals surface area contributed by atoms with Gasteiger partial charge in [-0.2, -0.15) is 5.26 Å². The number of hydrogen-bond acceptors (Lipinski definition) is 3.